The van der Waals surface area contributed by atoms with Crippen LogP contribution in [0, 0.1) is 0 Å². The lowest BCUT2D eigenvalue weighted by Crippen LogP contribution is -2.51. The van der Waals surface area contributed by atoms with Crippen LogP contribution in [0.25, 0.3) is 0 Å². The number of carbonyl (C=O) groups excluding carboxylic acids is 1. The van der Waals surface area contributed by atoms with Crippen molar-refractivity contribution < 1.29 is 19.0 Å². The third-order valence-electron chi connectivity index (χ3n) is 4.95. The maximum absolute atomic E-state index is 12.4. The molecule has 1 fully saturated rings. The molecule has 0 saturated carbocycles. The largest absolute Gasteiger partial charge is 0.497 e. The third kappa shape index (κ3) is 6.02. The Morgan fingerprint density at radius 3 is 2.00 bits per heavy atom. The first-order chi connectivity index (χ1) is 14.2. The van der Waals surface area contributed by atoms with Gasteiger partial charge in [-0.05, 0) is 48.5 Å². The van der Waals surface area contributed by atoms with Crippen LogP contribution < -0.4 is 24.4 Å². The molecule has 2 aromatic carbocycles. The molecular formula is C22H29N3O4. The number of carbonyl (C=O) groups is 1. The summed E-state index contributed by atoms with van der Waals surface area (Å²) in [6.07, 6.45) is 0. The first-order valence-corrected chi connectivity index (χ1v) is 9.84. The van der Waals surface area contributed by atoms with Crippen molar-refractivity contribution in [1.29, 1.82) is 0 Å². The Balaban J connectivity index is 1.32. The second kappa shape index (κ2) is 10.6. The summed E-state index contributed by atoms with van der Waals surface area (Å²) >= 11 is 0. The minimum Gasteiger partial charge on any atom is -0.497 e. The highest BCUT2D eigenvalue weighted by molar-refractivity contribution is 5.78. The second-order valence-electron chi connectivity index (χ2n) is 6.77. The molecule has 0 unspecified atom stereocenters. The summed E-state index contributed by atoms with van der Waals surface area (Å²) in [6, 6.07) is 15.5. The fraction of sp³-hybridized carbons (Fsp3) is 0.409. The van der Waals surface area contributed by atoms with Gasteiger partial charge in [-0.1, -0.05) is 0 Å². The molecule has 3 rings (SSSR count). The maximum Gasteiger partial charge on any atom is 0.236 e. The predicted molar refractivity (Wildman–Crippen MR) is 113 cm³/mol. The van der Waals surface area contributed by atoms with Crippen LogP contribution in [0.15, 0.2) is 48.5 Å². The van der Waals surface area contributed by atoms with Gasteiger partial charge in [-0.15, -0.1) is 0 Å². The molecule has 0 aromatic heterocycles. The van der Waals surface area contributed by atoms with Crippen molar-refractivity contribution in [2.24, 2.45) is 0 Å². The molecule has 1 heterocycles. The number of nitrogens with zero attached hydrogens (tertiary/aromatic N) is 2. The molecular weight excluding hydrogens is 370 g/mol. The molecule has 7 heteroatoms. The van der Waals surface area contributed by atoms with E-state index in [2.05, 4.69) is 22.3 Å². The van der Waals surface area contributed by atoms with Gasteiger partial charge >= 0.3 is 0 Å². The molecule has 1 amide bonds. The summed E-state index contributed by atoms with van der Waals surface area (Å²) in [5.74, 6) is 2.56. The van der Waals surface area contributed by atoms with E-state index < -0.39 is 0 Å². The van der Waals surface area contributed by atoms with E-state index in [1.807, 2.05) is 41.3 Å². The van der Waals surface area contributed by atoms with E-state index in [4.69, 9.17) is 14.2 Å². The van der Waals surface area contributed by atoms with E-state index in [-0.39, 0.29) is 5.91 Å². The van der Waals surface area contributed by atoms with E-state index in [1.54, 1.807) is 14.2 Å². The third-order valence-corrected chi connectivity index (χ3v) is 4.95. The van der Waals surface area contributed by atoms with Gasteiger partial charge in [0.15, 0.2) is 0 Å². The van der Waals surface area contributed by atoms with Crippen LogP contribution in [0.1, 0.15) is 0 Å². The average Bonchev–Trinajstić information content (AvgIpc) is 2.79. The fourth-order valence-corrected chi connectivity index (χ4v) is 3.23. The molecule has 2 aromatic rings. The lowest BCUT2D eigenvalue weighted by Gasteiger charge is -2.36. The van der Waals surface area contributed by atoms with Gasteiger partial charge in [0.1, 0.15) is 23.9 Å². The molecule has 1 N–H and O–H groups in total. The van der Waals surface area contributed by atoms with E-state index in [0.717, 1.165) is 49.1 Å². The number of amides is 1. The van der Waals surface area contributed by atoms with Crippen LogP contribution in [-0.4, -0.2) is 70.9 Å². The lowest BCUT2D eigenvalue weighted by atomic mass is 10.2. The Morgan fingerprint density at radius 2 is 1.41 bits per heavy atom. The number of nitrogens with one attached hydrogen (secondary N) is 1. The Kier molecular flexibility index (Phi) is 7.58. The van der Waals surface area contributed by atoms with Crippen LogP contribution in [0.3, 0.4) is 0 Å². The Hall–Kier alpha value is -2.93. The SMILES string of the molecule is COc1ccc(OCCNCC(=O)N2CCN(c3ccc(OC)cc3)CC2)cc1. The van der Waals surface area contributed by atoms with E-state index in [9.17, 15) is 4.79 Å². The van der Waals surface area contributed by atoms with Crippen molar-refractivity contribution in [1.82, 2.24) is 10.2 Å². The number of hydrogen-bond acceptors (Lipinski definition) is 6. The number of ether oxygens (including phenoxy) is 3. The Morgan fingerprint density at radius 1 is 0.862 bits per heavy atom. The zero-order valence-corrected chi connectivity index (χ0v) is 17.1. The zero-order chi connectivity index (χ0) is 20.5. The maximum atomic E-state index is 12.4. The fourth-order valence-electron chi connectivity index (χ4n) is 3.23. The zero-order valence-electron chi connectivity index (χ0n) is 17.1. The molecule has 1 aliphatic rings. The lowest BCUT2D eigenvalue weighted by molar-refractivity contribution is -0.130. The number of piperazine rings is 1. The summed E-state index contributed by atoms with van der Waals surface area (Å²) in [5, 5.41) is 3.16. The van der Waals surface area contributed by atoms with E-state index in [0.29, 0.717) is 19.7 Å². The first-order valence-electron chi connectivity index (χ1n) is 9.84. The van der Waals surface area contributed by atoms with Crippen LogP contribution in [0.4, 0.5) is 5.69 Å². The highest BCUT2D eigenvalue weighted by atomic mass is 16.5. The number of methoxy groups -OCH3 is 2. The summed E-state index contributed by atoms with van der Waals surface area (Å²) in [6.45, 7) is 4.57. The molecule has 0 spiro atoms. The molecule has 1 aliphatic heterocycles. The smallest absolute Gasteiger partial charge is 0.236 e. The van der Waals surface area contributed by atoms with Crippen molar-refractivity contribution in [3.63, 3.8) is 0 Å². The van der Waals surface area contributed by atoms with E-state index >= 15 is 0 Å². The summed E-state index contributed by atoms with van der Waals surface area (Å²) < 4.78 is 16.0. The van der Waals surface area contributed by atoms with Crippen LogP contribution in [-0.2, 0) is 4.79 Å². The Labute approximate surface area is 172 Å². The van der Waals surface area contributed by atoms with Crippen molar-refractivity contribution >= 4 is 11.6 Å². The number of rotatable bonds is 9. The van der Waals surface area contributed by atoms with Crippen molar-refractivity contribution in [3.8, 4) is 17.2 Å². The van der Waals surface area contributed by atoms with Crippen molar-refractivity contribution in [2.75, 3.05) is 65.0 Å². The minimum atomic E-state index is 0.129. The quantitative estimate of drug-likeness (QED) is 0.651. The van der Waals surface area contributed by atoms with Gasteiger partial charge in [0.2, 0.25) is 5.91 Å². The molecule has 0 radical (unpaired) electrons. The van der Waals surface area contributed by atoms with Gasteiger partial charge < -0.3 is 29.3 Å². The normalized spacial score (nSPS) is 13.9. The van der Waals surface area contributed by atoms with Crippen LogP contribution in [0.5, 0.6) is 17.2 Å². The molecule has 29 heavy (non-hydrogen) atoms. The topological polar surface area (TPSA) is 63.3 Å². The Bertz CT molecular complexity index is 757. The number of hydrogen-bond donors (Lipinski definition) is 1. The monoisotopic (exact) mass is 399 g/mol. The van der Waals surface area contributed by atoms with Gasteiger partial charge in [-0.3, -0.25) is 4.79 Å². The van der Waals surface area contributed by atoms with Gasteiger partial charge in [0, 0.05) is 38.4 Å². The molecule has 0 aliphatic carbocycles. The summed E-state index contributed by atoms with van der Waals surface area (Å²) in [4.78, 5) is 16.6. The first kappa shape index (κ1) is 20.8. The molecule has 1 saturated heterocycles. The molecule has 0 bridgehead atoms. The summed E-state index contributed by atoms with van der Waals surface area (Å²) in [7, 11) is 3.30. The minimum absolute atomic E-state index is 0.129. The van der Waals surface area contributed by atoms with Crippen LogP contribution >= 0.6 is 0 Å². The highest BCUT2D eigenvalue weighted by Crippen LogP contribution is 2.20. The van der Waals surface area contributed by atoms with Gasteiger partial charge in [0.25, 0.3) is 0 Å². The molecule has 156 valence electrons. The van der Waals surface area contributed by atoms with E-state index in [1.165, 1.54) is 0 Å². The van der Waals surface area contributed by atoms with Gasteiger partial charge in [0.05, 0.1) is 20.8 Å². The highest BCUT2D eigenvalue weighted by Gasteiger charge is 2.20. The molecule has 7 nitrogen and oxygen atoms in total. The number of benzene rings is 2. The average molecular weight is 399 g/mol. The van der Waals surface area contributed by atoms with Crippen molar-refractivity contribution in [3.05, 3.63) is 48.5 Å². The van der Waals surface area contributed by atoms with Gasteiger partial charge in [-0.2, -0.15) is 0 Å². The molecule has 0 atom stereocenters. The van der Waals surface area contributed by atoms with Crippen molar-refractivity contribution in [2.45, 2.75) is 0 Å². The summed E-state index contributed by atoms with van der Waals surface area (Å²) in [5.41, 5.74) is 1.16. The standard InChI is InChI=1S/C22H29N3O4/c1-27-19-5-3-18(4-6-19)24-12-14-25(15-13-24)22(26)17-23-11-16-29-21-9-7-20(28-2)8-10-21/h3-10,23H,11-17H2,1-2H3. The predicted octanol–water partition coefficient (Wildman–Crippen LogP) is 2.02. The van der Waals surface area contributed by atoms with Crippen LogP contribution in [0.2, 0.25) is 0 Å². The second-order valence-corrected chi connectivity index (χ2v) is 6.77. The van der Waals surface area contributed by atoms with Gasteiger partial charge in [-0.25, -0.2) is 0 Å². The number of anilines is 1.